The number of aryl methyl sites for hydroxylation is 2. The summed E-state index contributed by atoms with van der Waals surface area (Å²) in [5.41, 5.74) is 6.49. The fourth-order valence-electron chi connectivity index (χ4n) is 6.42. The summed E-state index contributed by atoms with van der Waals surface area (Å²) in [4.78, 5) is 28.5. The highest BCUT2D eigenvalue weighted by molar-refractivity contribution is 6.04. The van der Waals surface area contributed by atoms with E-state index in [9.17, 15) is 9.90 Å². The normalized spacial score (nSPS) is 15.9. The minimum absolute atomic E-state index is 0.306. The Morgan fingerprint density at radius 2 is 2.02 bits per heavy atom. The van der Waals surface area contributed by atoms with Crippen molar-refractivity contribution < 1.29 is 14.6 Å². The van der Waals surface area contributed by atoms with Crippen LogP contribution in [0.5, 0.6) is 5.75 Å². The van der Waals surface area contributed by atoms with Crippen LogP contribution in [-0.2, 0) is 17.8 Å². The van der Waals surface area contributed by atoms with Crippen LogP contribution < -0.4 is 25.2 Å². The first kappa shape index (κ1) is 30.4. The minimum atomic E-state index is -0.345. The highest BCUT2D eigenvalue weighted by Gasteiger charge is 2.31. The number of aliphatic hydroxyl groups excluding tert-OH is 1. The van der Waals surface area contributed by atoms with E-state index in [1.165, 1.54) is 17.2 Å². The summed E-state index contributed by atoms with van der Waals surface area (Å²) in [6, 6.07) is 12.2. The van der Waals surface area contributed by atoms with Crippen LogP contribution in [0.15, 0.2) is 55.3 Å². The molecule has 0 radical (unpaired) electrons. The number of rotatable bonds is 11. The first-order valence-electron chi connectivity index (χ1n) is 15.5. The van der Waals surface area contributed by atoms with E-state index in [2.05, 4.69) is 59.7 Å². The first-order valence-corrected chi connectivity index (χ1v) is 15.5. The molecule has 0 unspecified atom stereocenters. The molecule has 0 aliphatic carbocycles. The zero-order chi connectivity index (χ0) is 31.7. The number of amides is 1. The Bertz CT molecular complexity index is 1730. The number of hydrogen-bond acceptors (Lipinski definition) is 9. The molecule has 45 heavy (non-hydrogen) atoms. The predicted octanol–water partition coefficient (Wildman–Crippen LogP) is 4.49. The number of aromatic nitrogens is 3. The summed E-state index contributed by atoms with van der Waals surface area (Å²) in [7, 11) is 7.65. The maximum Gasteiger partial charge on any atom is 0.247 e. The van der Waals surface area contributed by atoms with E-state index < -0.39 is 0 Å². The van der Waals surface area contributed by atoms with Crippen LogP contribution in [0.2, 0.25) is 0 Å². The van der Waals surface area contributed by atoms with Crippen molar-refractivity contribution in [2.45, 2.75) is 31.9 Å². The van der Waals surface area contributed by atoms with Gasteiger partial charge >= 0.3 is 0 Å². The summed E-state index contributed by atoms with van der Waals surface area (Å²) in [5, 5.41) is 17.9. The Morgan fingerprint density at radius 1 is 1.18 bits per heavy atom. The van der Waals surface area contributed by atoms with Gasteiger partial charge in [0.2, 0.25) is 11.9 Å². The molecule has 1 amide bonds. The van der Waals surface area contributed by atoms with E-state index in [0.29, 0.717) is 29.6 Å². The summed E-state index contributed by atoms with van der Waals surface area (Å²) >= 11 is 0. The SMILES string of the molecule is C=CC(=O)Nc1cc(Nc2nccc(-c3c(N4CC[C@H](O)C4)n4c5c(cccc35)CCC4)n2)c(OC)cc1N(C)CCN(C)C. The van der Waals surface area contributed by atoms with E-state index >= 15 is 0 Å². The minimum Gasteiger partial charge on any atom is -0.494 e. The van der Waals surface area contributed by atoms with Gasteiger partial charge in [0.1, 0.15) is 11.6 Å². The quantitative estimate of drug-likeness (QED) is 0.212. The van der Waals surface area contributed by atoms with Crippen LogP contribution in [-0.4, -0.2) is 91.0 Å². The molecule has 1 fully saturated rings. The number of methoxy groups -OCH3 is 1. The number of anilines is 5. The molecule has 11 nitrogen and oxygen atoms in total. The van der Waals surface area contributed by atoms with Crippen molar-refractivity contribution in [1.29, 1.82) is 0 Å². The third-order valence-corrected chi connectivity index (χ3v) is 8.64. The number of carbonyl (C=O) groups excluding carboxylic acids is 1. The van der Waals surface area contributed by atoms with E-state index in [-0.39, 0.29) is 12.0 Å². The number of nitrogens with zero attached hydrogens (tertiary/aromatic N) is 6. The van der Waals surface area contributed by atoms with Crippen LogP contribution in [0.3, 0.4) is 0 Å². The van der Waals surface area contributed by atoms with Gasteiger partial charge in [0.05, 0.1) is 47.1 Å². The second kappa shape index (κ2) is 12.8. The fraction of sp³-hybridized carbons (Fsp3) is 0.382. The van der Waals surface area contributed by atoms with Crippen LogP contribution in [0.25, 0.3) is 22.2 Å². The molecule has 2 aliphatic heterocycles. The lowest BCUT2D eigenvalue weighted by Crippen LogP contribution is -2.29. The van der Waals surface area contributed by atoms with Gasteiger partial charge in [0.25, 0.3) is 0 Å². The van der Waals surface area contributed by atoms with E-state index in [4.69, 9.17) is 9.72 Å². The van der Waals surface area contributed by atoms with Gasteiger partial charge in [-0.3, -0.25) is 4.79 Å². The first-order chi connectivity index (χ1) is 21.8. The van der Waals surface area contributed by atoms with Gasteiger partial charge in [-0.05, 0) is 57.1 Å². The van der Waals surface area contributed by atoms with Gasteiger partial charge in [0, 0.05) is 57.4 Å². The smallest absolute Gasteiger partial charge is 0.247 e. The van der Waals surface area contributed by atoms with Crippen LogP contribution in [0.4, 0.5) is 28.8 Å². The van der Waals surface area contributed by atoms with Crippen LogP contribution in [0.1, 0.15) is 18.4 Å². The Balaban J connectivity index is 1.41. The molecular formula is C34H42N8O3. The van der Waals surface area contributed by atoms with Gasteiger partial charge in [-0.15, -0.1) is 0 Å². The molecule has 1 atom stereocenters. The molecule has 3 N–H and O–H groups in total. The summed E-state index contributed by atoms with van der Waals surface area (Å²) in [6.45, 7) is 7.52. The maximum absolute atomic E-state index is 12.4. The number of ether oxygens (including phenoxy) is 1. The van der Waals surface area contributed by atoms with E-state index in [1.807, 2.05) is 39.3 Å². The number of aliphatic hydroxyl groups is 1. The fourth-order valence-corrected chi connectivity index (χ4v) is 6.42. The Hall–Kier alpha value is -4.61. The zero-order valence-electron chi connectivity index (χ0n) is 26.5. The molecular weight excluding hydrogens is 568 g/mol. The second-order valence-electron chi connectivity index (χ2n) is 12.0. The number of likely N-dealkylation sites (N-methyl/N-ethyl adjacent to an activating group) is 2. The Labute approximate surface area is 264 Å². The number of para-hydroxylation sites is 1. The van der Waals surface area contributed by atoms with Gasteiger partial charge in [-0.2, -0.15) is 0 Å². The molecule has 4 aromatic rings. The van der Waals surface area contributed by atoms with E-state index in [1.54, 1.807) is 13.3 Å². The number of benzene rings is 2. The lowest BCUT2D eigenvalue weighted by atomic mass is 10.0. The molecule has 1 saturated heterocycles. The zero-order valence-corrected chi connectivity index (χ0v) is 26.5. The van der Waals surface area contributed by atoms with Crippen molar-refractivity contribution in [1.82, 2.24) is 19.4 Å². The predicted molar refractivity (Wildman–Crippen MR) is 181 cm³/mol. The van der Waals surface area contributed by atoms with Crippen molar-refractivity contribution in [2.24, 2.45) is 0 Å². The van der Waals surface area contributed by atoms with Gasteiger partial charge in [-0.1, -0.05) is 24.8 Å². The molecule has 11 heteroatoms. The highest BCUT2D eigenvalue weighted by Crippen LogP contribution is 2.44. The Morgan fingerprint density at radius 3 is 2.76 bits per heavy atom. The molecule has 6 rings (SSSR count). The third-order valence-electron chi connectivity index (χ3n) is 8.64. The third kappa shape index (κ3) is 6.05. The number of carbonyl (C=O) groups is 1. The maximum atomic E-state index is 12.4. The van der Waals surface area contributed by atoms with Crippen molar-refractivity contribution in [2.75, 3.05) is 74.9 Å². The topological polar surface area (TPSA) is 111 Å². The summed E-state index contributed by atoms with van der Waals surface area (Å²) < 4.78 is 8.22. The Kier molecular flexibility index (Phi) is 8.64. The van der Waals surface area contributed by atoms with E-state index in [0.717, 1.165) is 73.6 Å². The number of β-amino-alcohol motifs (C(OH)–C–C–N with tert-alkyl or cyclic N) is 1. The largest absolute Gasteiger partial charge is 0.494 e. The lowest BCUT2D eigenvalue weighted by molar-refractivity contribution is -0.111. The monoisotopic (exact) mass is 610 g/mol. The van der Waals surface area contributed by atoms with Crippen LogP contribution in [0, 0.1) is 0 Å². The van der Waals surface area contributed by atoms with Gasteiger partial charge < -0.3 is 39.7 Å². The highest BCUT2D eigenvalue weighted by atomic mass is 16.5. The second-order valence-corrected chi connectivity index (χ2v) is 12.0. The van der Waals surface area contributed by atoms with Crippen molar-refractivity contribution in [3.05, 3.63) is 60.8 Å². The van der Waals surface area contributed by atoms with Crippen molar-refractivity contribution >= 4 is 45.6 Å². The van der Waals surface area contributed by atoms with Crippen LogP contribution >= 0.6 is 0 Å². The molecule has 2 aliphatic rings. The molecule has 2 aromatic carbocycles. The van der Waals surface area contributed by atoms with Gasteiger partial charge in [-0.25, -0.2) is 9.97 Å². The standard InChI is InChI=1S/C34H42N8O3/c1-6-30(44)36-26-19-27(29(45-5)20-28(26)40(4)18-17-39(2)3)38-34-35-14-12-25(37-34)31-24-11-7-9-22-10-8-15-42(32(22)24)33(31)41-16-13-23(43)21-41/h6-7,9,11-12,14,19-20,23,43H,1,8,10,13,15-18,21H2,2-5H3,(H,36,44)(H,35,37,38)/t23-/m0/s1. The number of nitrogens with one attached hydrogen (secondary N) is 2. The molecule has 0 bridgehead atoms. The molecule has 0 saturated carbocycles. The summed E-state index contributed by atoms with van der Waals surface area (Å²) in [5.74, 6) is 1.79. The summed E-state index contributed by atoms with van der Waals surface area (Å²) in [6.07, 6.45) is 5.53. The van der Waals surface area contributed by atoms with Crippen molar-refractivity contribution in [3.63, 3.8) is 0 Å². The van der Waals surface area contributed by atoms with Crippen molar-refractivity contribution in [3.8, 4) is 17.0 Å². The van der Waals surface area contributed by atoms with Gasteiger partial charge in [0.15, 0.2) is 0 Å². The lowest BCUT2D eigenvalue weighted by Gasteiger charge is -2.26. The average Bonchev–Trinajstić information content (AvgIpc) is 3.62. The molecule has 0 spiro atoms. The molecule has 4 heterocycles. The average molecular weight is 611 g/mol. The molecule has 236 valence electrons. The number of hydrogen-bond donors (Lipinski definition) is 3. The molecule has 2 aromatic heterocycles.